The second-order valence-corrected chi connectivity index (χ2v) is 8.30. The van der Waals surface area contributed by atoms with Gasteiger partial charge in [0, 0.05) is 39.3 Å². The first-order valence-corrected chi connectivity index (χ1v) is 11.1. The number of likely N-dealkylation sites (N-methyl/N-ethyl adjacent to an activating group) is 1. The number of rotatable bonds is 7. The van der Waals surface area contributed by atoms with Gasteiger partial charge in [-0.25, -0.2) is 0 Å². The molecule has 25 heavy (non-hydrogen) atoms. The van der Waals surface area contributed by atoms with Crippen molar-refractivity contribution in [1.82, 2.24) is 19.6 Å². The predicted molar refractivity (Wildman–Crippen MR) is 109 cm³/mol. The smallest absolute Gasteiger partial charge is 0.0110 e. The van der Waals surface area contributed by atoms with Gasteiger partial charge < -0.3 is 19.6 Å². The van der Waals surface area contributed by atoms with Crippen molar-refractivity contribution in [2.24, 2.45) is 0 Å². The third-order valence-corrected chi connectivity index (χ3v) is 6.05. The summed E-state index contributed by atoms with van der Waals surface area (Å²) in [5, 5.41) is 0. The summed E-state index contributed by atoms with van der Waals surface area (Å²) in [5.74, 6) is 0. The molecule has 0 radical (unpaired) electrons. The van der Waals surface area contributed by atoms with Crippen molar-refractivity contribution < 1.29 is 0 Å². The van der Waals surface area contributed by atoms with Gasteiger partial charge in [0.05, 0.1) is 0 Å². The average Bonchev–Trinajstić information content (AvgIpc) is 2.62. The van der Waals surface area contributed by atoms with Crippen LogP contribution in [0.5, 0.6) is 0 Å². The third kappa shape index (κ3) is 9.37. The zero-order valence-corrected chi connectivity index (χ0v) is 17.2. The van der Waals surface area contributed by atoms with E-state index in [9.17, 15) is 0 Å². The van der Waals surface area contributed by atoms with Crippen molar-refractivity contribution in [3.63, 3.8) is 0 Å². The molecular formula is C21H44N4. The molecule has 0 aromatic carbocycles. The van der Waals surface area contributed by atoms with E-state index < -0.39 is 0 Å². The molecule has 0 spiro atoms. The molecule has 0 aliphatic carbocycles. The Kier molecular flexibility index (Phi) is 11.1. The largest absolute Gasteiger partial charge is 0.305 e. The van der Waals surface area contributed by atoms with E-state index in [0.29, 0.717) is 0 Å². The van der Waals surface area contributed by atoms with Gasteiger partial charge in [-0.05, 0) is 59.0 Å². The van der Waals surface area contributed by atoms with Crippen LogP contribution in [0.3, 0.4) is 0 Å². The first-order valence-electron chi connectivity index (χ1n) is 11.1. The van der Waals surface area contributed by atoms with E-state index in [-0.39, 0.29) is 0 Å². The highest BCUT2D eigenvalue weighted by Crippen LogP contribution is 2.09. The lowest BCUT2D eigenvalue weighted by atomic mass is 10.1. The van der Waals surface area contributed by atoms with Crippen LogP contribution in [0.25, 0.3) is 0 Å². The lowest BCUT2D eigenvalue weighted by Crippen LogP contribution is -2.46. The van der Waals surface area contributed by atoms with E-state index in [4.69, 9.17) is 0 Å². The lowest BCUT2D eigenvalue weighted by Gasteiger charge is -2.35. The van der Waals surface area contributed by atoms with E-state index >= 15 is 0 Å². The van der Waals surface area contributed by atoms with Crippen molar-refractivity contribution in [1.29, 1.82) is 0 Å². The van der Waals surface area contributed by atoms with Crippen molar-refractivity contribution in [3.05, 3.63) is 0 Å². The Balaban J connectivity index is 1.75. The van der Waals surface area contributed by atoms with Crippen LogP contribution in [0, 0.1) is 0 Å². The number of nitrogens with zero attached hydrogens (tertiary/aromatic N) is 4. The van der Waals surface area contributed by atoms with Gasteiger partial charge in [0.25, 0.3) is 0 Å². The zero-order valence-electron chi connectivity index (χ0n) is 17.2. The topological polar surface area (TPSA) is 13.0 Å². The van der Waals surface area contributed by atoms with E-state index in [1.165, 1.54) is 123 Å². The molecule has 2 atom stereocenters. The van der Waals surface area contributed by atoms with Crippen LogP contribution >= 0.6 is 0 Å². The highest BCUT2D eigenvalue weighted by atomic mass is 15.3. The summed E-state index contributed by atoms with van der Waals surface area (Å²) in [6, 6.07) is 0. The van der Waals surface area contributed by atoms with E-state index in [0.717, 1.165) is 0 Å². The molecule has 2 aliphatic rings. The molecule has 2 saturated heterocycles. The van der Waals surface area contributed by atoms with Gasteiger partial charge >= 0.3 is 0 Å². The van der Waals surface area contributed by atoms with Crippen LogP contribution in [-0.4, -0.2) is 98.6 Å². The molecule has 0 N–H and O–H groups in total. The quantitative estimate of drug-likeness (QED) is 0.653. The fourth-order valence-electron chi connectivity index (χ4n) is 4.19. The van der Waals surface area contributed by atoms with Gasteiger partial charge in [0.15, 0.2) is 0 Å². The Hall–Kier alpha value is -0.160. The highest BCUT2D eigenvalue weighted by molar-refractivity contribution is 4.73. The van der Waals surface area contributed by atoms with Crippen molar-refractivity contribution in [2.75, 3.05) is 79.0 Å². The first-order chi connectivity index (χ1) is 12.3. The third-order valence-electron chi connectivity index (χ3n) is 6.05. The molecule has 0 amide bonds. The summed E-state index contributed by atoms with van der Waals surface area (Å²) in [4.78, 5) is 10.7. The SMILES string of the molecule is CCCCCCCCN1CCCN2CCN(C)CCCN(CC1)CC2. The van der Waals surface area contributed by atoms with E-state index in [2.05, 4.69) is 33.6 Å². The Bertz CT molecular complexity index is 323. The standard InChI is InChI=1S/C21H44N4/c1-3-4-5-6-7-8-12-23-14-10-15-24-17-16-22(2)11-9-13-25(19-18-23)21-20-24/h3-21H2,1-2H3. The monoisotopic (exact) mass is 352 g/mol. The summed E-state index contributed by atoms with van der Waals surface area (Å²) in [6.45, 7) is 16.3. The molecule has 0 aromatic rings. The minimum absolute atomic E-state index is 1.24. The Morgan fingerprint density at radius 1 is 0.560 bits per heavy atom. The molecule has 148 valence electrons. The molecule has 2 heterocycles. The number of fused-ring (bicyclic) bond motifs is 3. The number of unbranched alkanes of at least 4 members (excludes halogenated alkanes) is 5. The fourth-order valence-corrected chi connectivity index (χ4v) is 4.19. The van der Waals surface area contributed by atoms with Crippen molar-refractivity contribution >= 4 is 0 Å². The molecule has 0 aromatic heterocycles. The lowest BCUT2D eigenvalue weighted by molar-refractivity contribution is 0.126. The van der Waals surface area contributed by atoms with E-state index in [1.54, 1.807) is 0 Å². The van der Waals surface area contributed by atoms with Gasteiger partial charge in [0.1, 0.15) is 0 Å². The highest BCUT2D eigenvalue weighted by Gasteiger charge is 2.16. The van der Waals surface area contributed by atoms with Gasteiger partial charge in [-0.1, -0.05) is 39.0 Å². The zero-order chi connectivity index (χ0) is 17.7. The van der Waals surface area contributed by atoms with E-state index in [1.807, 2.05) is 0 Å². The first kappa shape index (κ1) is 21.1. The molecule has 2 bridgehead atoms. The van der Waals surface area contributed by atoms with Crippen LogP contribution < -0.4 is 0 Å². The molecular weight excluding hydrogens is 308 g/mol. The summed E-state index contributed by atoms with van der Waals surface area (Å²) in [7, 11) is 2.29. The molecule has 2 rings (SSSR count). The minimum Gasteiger partial charge on any atom is -0.305 e. The summed E-state index contributed by atoms with van der Waals surface area (Å²) in [6.07, 6.45) is 11.2. The fraction of sp³-hybridized carbons (Fsp3) is 1.00. The van der Waals surface area contributed by atoms with Gasteiger partial charge in [-0.2, -0.15) is 0 Å². The maximum atomic E-state index is 2.76. The minimum atomic E-state index is 1.24. The van der Waals surface area contributed by atoms with Gasteiger partial charge in [-0.15, -0.1) is 0 Å². The van der Waals surface area contributed by atoms with Crippen LogP contribution in [0.4, 0.5) is 0 Å². The Morgan fingerprint density at radius 2 is 1.16 bits per heavy atom. The van der Waals surface area contributed by atoms with Crippen LogP contribution in [0.2, 0.25) is 0 Å². The molecule has 2 unspecified atom stereocenters. The summed E-state index contributed by atoms with van der Waals surface area (Å²) in [5.41, 5.74) is 0. The number of hydrogen-bond acceptors (Lipinski definition) is 4. The van der Waals surface area contributed by atoms with Gasteiger partial charge in [-0.3, -0.25) is 0 Å². The predicted octanol–water partition coefficient (Wildman–Crippen LogP) is 2.99. The van der Waals surface area contributed by atoms with Crippen LogP contribution in [-0.2, 0) is 0 Å². The van der Waals surface area contributed by atoms with Crippen LogP contribution in [0.15, 0.2) is 0 Å². The molecule has 4 heteroatoms. The molecule has 2 fully saturated rings. The van der Waals surface area contributed by atoms with Gasteiger partial charge in [0.2, 0.25) is 0 Å². The maximum Gasteiger partial charge on any atom is 0.0110 e. The second kappa shape index (κ2) is 13.1. The number of hydrogen-bond donors (Lipinski definition) is 0. The molecule has 2 aliphatic heterocycles. The summed E-state index contributed by atoms with van der Waals surface area (Å²) >= 11 is 0. The van der Waals surface area contributed by atoms with Crippen LogP contribution in [0.1, 0.15) is 58.3 Å². The average molecular weight is 353 g/mol. The Morgan fingerprint density at radius 3 is 1.92 bits per heavy atom. The van der Waals surface area contributed by atoms with Crippen molar-refractivity contribution in [2.45, 2.75) is 58.3 Å². The second-order valence-electron chi connectivity index (χ2n) is 8.30. The molecule has 4 nitrogen and oxygen atoms in total. The maximum absolute atomic E-state index is 2.76. The Labute approximate surface area is 157 Å². The van der Waals surface area contributed by atoms with Crippen molar-refractivity contribution in [3.8, 4) is 0 Å². The summed E-state index contributed by atoms with van der Waals surface area (Å²) < 4.78 is 0. The molecule has 0 saturated carbocycles. The normalized spacial score (nSPS) is 28.1.